The molecule has 0 aliphatic heterocycles. The molecule has 10 heteroatoms. The van der Waals surface area contributed by atoms with E-state index in [1.807, 2.05) is 19.0 Å². The Balaban J connectivity index is 1.99. The largest absolute Gasteiger partial charge is 0.508 e. The predicted molar refractivity (Wildman–Crippen MR) is 137 cm³/mol. The maximum Gasteiger partial charge on any atom is 0.202 e. The molecule has 1 aromatic carbocycles. The van der Waals surface area contributed by atoms with Crippen molar-refractivity contribution in [3.8, 4) is 5.75 Å². The van der Waals surface area contributed by atoms with Crippen molar-refractivity contribution in [2.24, 2.45) is 17.6 Å². The number of aromatic hydroxyl groups is 1. The minimum absolute atomic E-state index is 0.00892. The number of likely N-dealkylation sites (N-methyl/N-ethyl adjacent to an activating group) is 1. The molecule has 10 nitrogen and oxygen atoms in total. The van der Waals surface area contributed by atoms with E-state index in [1.165, 1.54) is 0 Å². The van der Waals surface area contributed by atoms with E-state index in [-0.39, 0.29) is 42.7 Å². The fourth-order valence-electron chi connectivity index (χ4n) is 6.28. The van der Waals surface area contributed by atoms with E-state index in [0.717, 1.165) is 0 Å². The summed E-state index contributed by atoms with van der Waals surface area (Å²) >= 11 is 0. The zero-order valence-corrected chi connectivity index (χ0v) is 21.8. The summed E-state index contributed by atoms with van der Waals surface area (Å²) in [6.07, 6.45) is 0.709. The number of rotatable bonds is 6. The van der Waals surface area contributed by atoms with Gasteiger partial charge in [0.25, 0.3) is 0 Å². The molecule has 1 saturated carbocycles. The highest BCUT2D eigenvalue weighted by molar-refractivity contribution is 6.25. The quantitative estimate of drug-likeness (QED) is 0.351. The van der Waals surface area contributed by atoms with Gasteiger partial charge in [0.05, 0.1) is 11.6 Å². The number of hydrogen-bond donors (Lipinski definition) is 5. The number of fused-ring (bicyclic) bond motifs is 3. The Morgan fingerprint density at radius 1 is 1.16 bits per heavy atom. The van der Waals surface area contributed by atoms with E-state index in [0.29, 0.717) is 23.2 Å². The first-order valence-electron chi connectivity index (χ1n) is 12.5. The summed E-state index contributed by atoms with van der Waals surface area (Å²) < 4.78 is 0. The van der Waals surface area contributed by atoms with Crippen molar-refractivity contribution >= 4 is 28.8 Å². The Morgan fingerprint density at radius 2 is 1.81 bits per heavy atom. The number of carbonyl (C=O) groups excluding carboxylic acids is 3. The van der Waals surface area contributed by atoms with Gasteiger partial charge in [-0.05, 0) is 50.9 Å². The second kappa shape index (κ2) is 9.27. The van der Waals surface area contributed by atoms with Crippen LogP contribution in [0, 0.1) is 11.8 Å². The van der Waals surface area contributed by atoms with Gasteiger partial charge in [-0.15, -0.1) is 0 Å². The molecule has 3 aliphatic carbocycles. The average molecular weight is 514 g/mol. The first kappa shape index (κ1) is 26.8. The molecule has 0 amide bonds. The number of hydrogen-bond acceptors (Lipinski definition) is 10. The maximum atomic E-state index is 14.0. The molecular formula is C27H35N3O7. The molecular weight excluding hydrogens is 478 g/mol. The summed E-state index contributed by atoms with van der Waals surface area (Å²) in [6.45, 7) is 1.73. The molecule has 0 saturated heterocycles. The summed E-state index contributed by atoms with van der Waals surface area (Å²) in [6, 6.07) is 0.701. The van der Waals surface area contributed by atoms with Gasteiger partial charge in [0.2, 0.25) is 5.78 Å². The third kappa shape index (κ3) is 3.69. The first-order chi connectivity index (χ1) is 17.3. The molecule has 0 bridgehead atoms. The average Bonchev–Trinajstić information content (AvgIpc) is 2.81. The van der Waals surface area contributed by atoms with Crippen LogP contribution in [-0.4, -0.2) is 82.5 Å². The minimum atomic E-state index is -2.58. The van der Waals surface area contributed by atoms with Gasteiger partial charge in [-0.25, -0.2) is 0 Å². The number of aliphatic hydroxyl groups is 3. The van der Waals surface area contributed by atoms with E-state index in [1.54, 1.807) is 32.0 Å². The van der Waals surface area contributed by atoms with Crippen LogP contribution in [0.25, 0.3) is 5.76 Å². The van der Waals surface area contributed by atoms with Crippen LogP contribution in [0.5, 0.6) is 5.75 Å². The number of nitrogens with two attached hydrogens (primary N) is 1. The number of benzene rings is 1. The van der Waals surface area contributed by atoms with Gasteiger partial charge < -0.3 is 31.1 Å². The Labute approximate surface area is 215 Å². The van der Waals surface area contributed by atoms with Crippen molar-refractivity contribution < 1.29 is 34.8 Å². The van der Waals surface area contributed by atoms with Gasteiger partial charge in [0, 0.05) is 49.8 Å². The van der Waals surface area contributed by atoms with E-state index in [2.05, 4.69) is 0 Å². The van der Waals surface area contributed by atoms with Crippen LogP contribution >= 0.6 is 0 Å². The lowest BCUT2D eigenvalue weighted by Gasteiger charge is -2.50. The highest BCUT2D eigenvalue weighted by Gasteiger charge is 2.64. The van der Waals surface area contributed by atoms with Crippen LogP contribution in [0.2, 0.25) is 0 Å². The lowest BCUT2D eigenvalue weighted by Crippen LogP contribution is -2.65. The third-order valence-corrected chi connectivity index (χ3v) is 7.99. The summed E-state index contributed by atoms with van der Waals surface area (Å²) in [5.74, 6) is -5.60. The van der Waals surface area contributed by atoms with E-state index in [9.17, 15) is 34.8 Å². The van der Waals surface area contributed by atoms with Gasteiger partial charge in [-0.3, -0.25) is 19.3 Å². The molecule has 2 unspecified atom stereocenters. The number of anilines is 1. The van der Waals surface area contributed by atoms with Gasteiger partial charge in [-0.1, -0.05) is 6.92 Å². The number of carbonyl (C=O) groups is 3. The second-order valence-corrected chi connectivity index (χ2v) is 10.6. The Kier molecular flexibility index (Phi) is 6.72. The first-order valence-corrected chi connectivity index (χ1v) is 12.5. The molecule has 0 radical (unpaired) electrons. The van der Waals surface area contributed by atoms with Crippen LogP contribution in [0.4, 0.5) is 5.69 Å². The molecule has 37 heavy (non-hydrogen) atoms. The molecule has 1 fully saturated rings. The topological polar surface area (TPSA) is 165 Å². The Bertz CT molecular complexity index is 1260. The summed E-state index contributed by atoms with van der Waals surface area (Å²) in [5.41, 5.74) is 4.31. The molecule has 200 valence electrons. The van der Waals surface area contributed by atoms with Crippen LogP contribution < -0.4 is 10.6 Å². The molecule has 0 spiro atoms. The molecule has 6 N–H and O–H groups in total. The van der Waals surface area contributed by atoms with Gasteiger partial charge >= 0.3 is 0 Å². The lowest BCUT2D eigenvalue weighted by molar-refractivity contribution is -0.153. The monoisotopic (exact) mass is 513 g/mol. The van der Waals surface area contributed by atoms with Crippen molar-refractivity contribution in [2.75, 3.05) is 33.1 Å². The van der Waals surface area contributed by atoms with Crippen LogP contribution in [0.1, 0.15) is 42.9 Å². The van der Waals surface area contributed by atoms with Crippen molar-refractivity contribution in [2.45, 2.75) is 50.8 Å². The van der Waals surface area contributed by atoms with Gasteiger partial charge in [0.1, 0.15) is 22.8 Å². The number of ketones is 3. The summed E-state index contributed by atoms with van der Waals surface area (Å²) in [5, 5.41) is 45.3. The van der Waals surface area contributed by atoms with Gasteiger partial charge in [-0.2, -0.15) is 0 Å². The lowest BCUT2D eigenvalue weighted by atomic mass is 9.57. The zero-order chi connectivity index (χ0) is 27.6. The predicted octanol–water partition coefficient (Wildman–Crippen LogP) is 1.37. The number of Topliss-reactive ketones (excluding diaryl/α,β-unsaturated/α-hetero) is 3. The SMILES string of the molecule is CCCC(=O)C1=C(O)[C@@]2(O)C(=O)C3=C(O)c4c(O)c(CN)cc(N(C)C)c4CC3CC2[C@H](N(C)C)C1=O. The molecule has 4 rings (SSSR count). The standard InChI is InChI=1S/C27H35N3O7/c1-6-7-17(31)20-24(34)21(30(4)5)15-9-12-8-14-16(29(2)3)10-13(11-28)22(32)19(14)23(33)18(12)25(35)27(15,37)26(20)36/h10,12,15,21,32-33,36-37H,6-9,11,28H2,1-5H3/t12?,15?,21-,27-/m0/s1. The fraction of sp³-hybridized carbons (Fsp3) is 0.519. The van der Waals surface area contributed by atoms with E-state index in [4.69, 9.17) is 5.73 Å². The Hall–Kier alpha value is -3.21. The number of aliphatic hydroxyl groups excluding tert-OH is 2. The van der Waals surface area contributed by atoms with Crippen molar-refractivity contribution in [3.63, 3.8) is 0 Å². The maximum absolute atomic E-state index is 14.0. The molecule has 1 aromatic rings. The van der Waals surface area contributed by atoms with Gasteiger partial charge in [0.15, 0.2) is 17.2 Å². The number of phenolic OH excluding ortho intramolecular Hbond substituents is 1. The van der Waals surface area contributed by atoms with Crippen LogP contribution in [-0.2, 0) is 27.3 Å². The Morgan fingerprint density at radius 3 is 2.35 bits per heavy atom. The highest BCUT2D eigenvalue weighted by Crippen LogP contribution is 2.54. The zero-order valence-electron chi connectivity index (χ0n) is 21.8. The highest BCUT2D eigenvalue weighted by atomic mass is 16.3. The number of nitrogens with zero attached hydrogens (tertiary/aromatic N) is 2. The van der Waals surface area contributed by atoms with Crippen molar-refractivity contribution in [3.05, 3.63) is 39.7 Å². The van der Waals surface area contributed by atoms with Crippen molar-refractivity contribution in [1.82, 2.24) is 4.90 Å². The summed E-state index contributed by atoms with van der Waals surface area (Å²) in [7, 11) is 6.86. The van der Waals surface area contributed by atoms with Crippen LogP contribution in [0.3, 0.4) is 0 Å². The molecule has 3 aliphatic rings. The number of phenols is 1. The fourth-order valence-corrected chi connectivity index (χ4v) is 6.28. The van der Waals surface area contributed by atoms with E-state index < -0.39 is 57.9 Å². The second-order valence-electron chi connectivity index (χ2n) is 10.6. The third-order valence-electron chi connectivity index (χ3n) is 7.99. The molecule has 0 aromatic heterocycles. The van der Waals surface area contributed by atoms with Crippen LogP contribution in [0.15, 0.2) is 23.0 Å². The normalized spacial score (nSPS) is 27.3. The summed E-state index contributed by atoms with van der Waals surface area (Å²) in [4.78, 5) is 43.7. The van der Waals surface area contributed by atoms with Crippen molar-refractivity contribution in [1.29, 1.82) is 0 Å². The smallest absolute Gasteiger partial charge is 0.202 e. The van der Waals surface area contributed by atoms with E-state index >= 15 is 0 Å². The molecule has 0 heterocycles. The molecule has 4 atom stereocenters. The minimum Gasteiger partial charge on any atom is -0.508 e.